The molecule has 0 aromatic heterocycles. The van der Waals surface area contributed by atoms with Gasteiger partial charge in [0, 0.05) is 0 Å². The smallest absolute Gasteiger partial charge is 1.00 e. The zero-order valence-electron chi connectivity index (χ0n) is 4.77. The monoisotopic (exact) mass is 117 g/mol. The van der Waals surface area contributed by atoms with Gasteiger partial charge in [0.2, 0.25) is 0 Å². The minimum atomic E-state index is -0.833. The average Bonchev–Trinajstić information content (AvgIpc) is 0.811. The van der Waals surface area contributed by atoms with Crippen LogP contribution in [0.15, 0.2) is 0 Å². The summed E-state index contributed by atoms with van der Waals surface area (Å²) in [5, 5.41) is 0. The first-order valence-corrected chi connectivity index (χ1v) is 0.781. The number of nitrogens with two attached hydrogens (primary N) is 2. The van der Waals surface area contributed by atoms with Gasteiger partial charge in [0.05, 0.1) is 0 Å². The molecule has 0 radical (unpaired) electrons. The molecular weight excluding hydrogens is 109 g/mol. The molecule has 5 heteroatoms. The Morgan fingerprint density at radius 1 is 1.50 bits per heavy atom. The molecule has 7 N–H and O–H groups in total. The molecule has 0 aromatic rings. The van der Waals surface area contributed by atoms with Gasteiger partial charge >= 0.3 is 57.4 Å². The second-order valence-corrected chi connectivity index (χ2v) is 0.402. The summed E-state index contributed by atoms with van der Waals surface area (Å²) in [5.74, 6) is 0. The van der Waals surface area contributed by atoms with Crippen LogP contribution in [0, 0.1) is 0 Å². The second-order valence-electron chi connectivity index (χ2n) is 0.402. The van der Waals surface area contributed by atoms with Gasteiger partial charge in [-0.05, 0) is 0 Å². The summed E-state index contributed by atoms with van der Waals surface area (Å²) in [6.07, 6.45) is 0. The van der Waals surface area contributed by atoms with Crippen LogP contribution in [-0.2, 0) is 0 Å². The fourth-order valence-electron chi connectivity index (χ4n) is 0. The van der Waals surface area contributed by atoms with E-state index in [9.17, 15) is 0 Å². The molecule has 0 spiro atoms. The molecule has 0 aliphatic rings. The maximum absolute atomic E-state index is 9.00. The first-order valence-electron chi connectivity index (χ1n) is 0.781. The van der Waals surface area contributed by atoms with Gasteiger partial charge in [-0.25, -0.2) is 4.79 Å². The molecule has 0 atom stereocenters. The minimum absolute atomic E-state index is 0. The van der Waals surface area contributed by atoms with Crippen molar-refractivity contribution in [3.8, 4) is 0 Å². The predicted molar refractivity (Wildman–Crippen MR) is 19.9 cm³/mol. The zero-order chi connectivity index (χ0) is 3.58. The van der Waals surface area contributed by atoms with E-state index in [2.05, 4.69) is 11.5 Å². The van der Waals surface area contributed by atoms with Gasteiger partial charge in [0.15, 0.2) is 0 Å². The SMILES string of the molecule is N.NC(N)=O.[H-].[K+]. The number of urea groups is 1. The molecule has 0 fully saturated rings. The maximum atomic E-state index is 9.00. The standard InChI is InChI=1S/CH4N2O.K.H3N.H/c2-1(3)4;;;/h(H4,2,3,4);;1H3;/q;+1;;-1. The largest absolute Gasteiger partial charge is 1.00 e. The first-order chi connectivity index (χ1) is 1.73. The Morgan fingerprint density at radius 3 is 1.50 bits per heavy atom. The van der Waals surface area contributed by atoms with Crippen LogP contribution in [0.4, 0.5) is 4.79 Å². The second kappa shape index (κ2) is 9.29. The average molecular weight is 117 g/mol. The van der Waals surface area contributed by atoms with Crippen molar-refractivity contribution in [3.63, 3.8) is 0 Å². The molecule has 34 valence electrons. The number of hydrogen-bond donors (Lipinski definition) is 3. The maximum Gasteiger partial charge on any atom is 1.00 e. The summed E-state index contributed by atoms with van der Waals surface area (Å²) in [4.78, 5) is 9.00. The topological polar surface area (TPSA) is 104 Å². The van der Waals surface area contributed by atoms with Crippen LogP contribution in [0.1, 0.15) is 1.43 Å². The molecule has 0 aliphatic carbocycles. The van der Waals surface area contributed by atoms with Gasteiger partial charge in [0.25, 0.3) is 0 Å². The van der Waals surface area contributed by atoms with E-state index in [1.54, 1.807) is 0 Å². The summed E-state index contributed by atoms with van der Waals surface area (Å²) >= 11 is 0. The van der Waals surface area contributed by atoms with Crippen LogP contribution in [-0.4, -0.2) is 6.03 Å². The molecule has 0 saturated carbocycles. The van der Waals surface area contributed by atoms with E-state index in [1.165, 1.54) is 0 Å². The van der Waals surface area contributed by atoms with Crippen LogP contribution in [0.2, 0.25) is 0 Å². The molecule has 4 nitrogen and oxygen atoms in total. The number of carbonyl (C=O) groups excluding carboxylic acids is 1. The molecule has 2 amide bonds. The Balaban J connectivity index is -0.0000000150. The Hall–Kier alpha value is 0.866. The van der Waals surface area contributed by atoms with Crippen molar-refractivity contribution in [2.75, 3.05) is 0 Å². The molecule has 0 heterocycles. The van der Waals surface area contributed by atoms with E-state index < -0.39 is 6.03 Å². The summed E-state index contributed by atoms with van der Waals surface area (Å²) < 4.78 is 0. The molecule has 0 saturated heterocycles. The number of hydrogen-bond acceptors (Lipinski definition) is 2. The summed E-state index contributed by atoms with van der Waals surface area (Å²) in [6.45, 7) is 0. The van der Waals surface area contributed by atoms with Crippen LogP contribution >= 0.6 is 0 Å². The summed E-state index contributed by atoms with van der Waals surface area (Å²) in [5.41, 5.74) is 8.50. The quantitative estimate of drug-likeness (QED) is 0.284. The van der Waals surface area contributed by atoms with Crippen LogP contribution in [0.25, 0.3) is 0 Å². The van der Waals surface area contributed by atoms with E-state index in [0.29, 0.717) is 0 Å². The fraction of sp³-hybridized carbons (Fsp3) is 0. The van der Waals surface area contributed by atoms with Crippen molar-refractivity contribution in [1.29, 1.82) is 0 Å². The molecule has 0 rings (SSSR count). The van der Waals surface area contributed by atoms with Crippen molar-refractivity contribution >= 4 is 6.03 Å². The van der Waals surface area contributed by atoms with Crippen molar-refractivity contribution in [1.82, 2.24) is 6.15 Å². The third-order valence-corrected chi connectivity index (χ3v) is 0. The van der Waals surface area contributed by atoms with E-state index in [4.69, 9.17) is 4.79 Å². The Morgan fingerprint density at radius 2 is 1.50 bits per heavy atom. The van der Waals surface area contributed by atoms with Gasteiger partial charge in [-0.3, -0.25) is 0 Å². The van der Waals surface area contributed by atoms with Gasteiger partial charge in [-0.2, -0.15) is 0 Å². The minimum Gasteiger partial charge on any atom is -1.00 e. The molecule has 0 aliphatic heterocycles. The third kappa shape index (κ3) is 96.9. The van der Waals surface area contributed by atoms with Gasteiger partial charge in [0.1, 0.15) is 0 Å². The Bertz CT molecular complexity index is 37.9. The fourth-order valence-corrected chi connectivity index (χ4v) is 0. The first kappa shape index (κ1) is 15.8. The van der Waals surface area contributed by atoms with Crippen molar-refractivity contribution < 1.29 is 57.6 Å². The number of rotatable bonds is 0. The van der Waals surface area contributed by atoms with E-state index in [-0.39, 0.29) is 59.0 Å². The van der Waals surface area contributed by atoms with Gasteiger partial charge < -0.3 is 19.0 Å². The molecule has 6 heavy (non-hydrogen) atoms. The Kier molecular flexibility index (Phi) is 24.5. The van der Waals surface area contributed by atoms with Crippen LogP contribution in [0.5, 0.6) is 0 Å². The van der Waals surface area contributed by atoms with E-state index in [1.807, 2.05) is 0 Å². The van der Waals surface area contributed by atoms with Crippen molar-refractivity contribution in [3.05, 3.63) is 0 Å². The third-order valence-electron chi connectivity index (χ3n) is 0. The van der Waals surface area contributed by atoms with Crippen molar-refractivity contribution in [2.24, 2.45) is 11.5 Å². The molecule has 0 unspecified atom stereocenters. The van der Waals surface area contributed by atoms with Crippen LogP contribution in [0.3, 0.4) is 0 Å². The van der Waals surface area contributed by atoms with E-state index >= 15 is 0 Å². The molecule has 0 bridgehead atoms. The number of primary amides is 2. The number of amides is 2. The summed E-state index contributed by atoms with van der Waals surface area (Å²) in [6, 6.07) is -0.833. The normalized spacial score (nSPS) is 4.00. The zero-order valence-corrected chi connectivity index (χ0v) is 6.89. The Labute approximate surface area is 80.1 Å². The van der Waals surface area contributed by atoms with E-state index in [0.717, 1.165) is 0 Å². The van der Waals surface area contributed by atoms with Crippen LogP contribution < -0.4 is 69.0 Å². The van der Waals surface area contributed by atoms with Gasteiger partial charge in [-0.1, -0.05) is 0 Å². The van der Waals surface area contributed by atoms with Crippen molar-refractivity contribution in [2.45, 2.75) is 0 Å². The molecule has 0 aromatic carbocycles. The number of carbonyl (C=O) groups is 1. The van der Waals surface area contributed by atoms with Gasteiger partial charge in [-0.15, -0.1) is 0 Å². The summed E-state index contributed by atoms with van der Waals surface area (Å²) in [7, 11) is 0. The molecular formula is CH8KN3O. The predicted octanol–water partition coefficient (Wildman–Crippen LogP) is -3.70.